The maximum absolute atomic E-state index is 2.53. The number of hydrogen-bond donors (Lipinski definition) is 0. The first-order valence-corrected chi connectivity index (χ1v) is 15.9. The van der Waals surface area contributed by atoms with Crippen LogP contribution < -0.4 is 4.90 Å². The van der Waals surface area contributed by atoms with Crippen molar-refractivity contribution in [3.05, 3.63) is 149 Å². The Labute approximate surface area is 259 Å². The van der Waals surface area contributed by atoms with Gasteiger partial charge in [0.25, 0.3) is 0 Å². The van der Waals surface area contributed by atoms with Gasteiger partial charge in [0.2, 0.25) is 0 Å². The van der Waals surface area contributed by atoms with Gasteiger partial charge in [-0.3, -0.25) is 0 Å². The Bertz CT molecular complexity index is 2240. The number of anilines is 2. The van der Waals surface area contributed by atoms with Crippen LogP contribution in [0.15, 0.2) is 127 Å². The molecule has 0 radical (unpaired) electrons. The van der Waals surface area contributed by atoms with Crippen molar-refractivity contribution in [2.75, 3.05) is 4.90 Å². The van der Waals surface area contributed by atoms with Gasteiger partial charge in [0.1, 0.15) is 0 Å². The third-order valence-corrected chi connectivity index (χ3v) is 10.6. The minimum Gasteiger partial charge on any atom is -0.314 e. The molecule has 2 aliphatic heterocycles. The Balaban J connectivity index is 1.27. The summed E-state index contributed by atoms with van der Waals surface area (Å²) >= 11 is 0. The Kier molecular flexibility index (Phi) is 5.17. The highest BCUT2D eigenvalue weighted by Crippen LogP contribution is 2.52. The van der Waals surface area contributed by atoms with E-state index in [-0.39, 0.29) is 10.8 Å². The van der Waals surface area contributed by atoms with Gasteiger partial charge in [-0.2, -0.15) is 0 Å². The van der Waals surface area contributed by atoms with Crippen LogP contribution in [0.2, 0.25) is 0 Å². The summed E-state index contributed by atoms with van der Waals surface area (Å²) in [6.45, 7) is 9.47. The lowest BCUT2D eigenvalue weighted by atomic mass is 9.73. The second-order valence-corrected chi connectivity index (χ2v) is 13.7. The molecule has 0 fully saturated rings. The number of aromatic nitrogens is 1. The van der Waals surface area contributed by atoms with Gasteiger partial charge in [-0.15, -0.1) is 0 Å². The summed E-state index contributed by atoms with van der Waals surface area (Å²) in [5.41, 5.74) is 15.8. The lowest BCUT2D eigenvalue weighted by molar-refractivity contribution is 0.628. The average Bonchev–Trinajstić information content (AvgIpc) is 3.38. The first-order chi connectivity index (χ1) is 21.4. The maximum atomic E-state index is 2.53. The first-order valence-electron chi connectivity index (χ1n) is 15.9. The Morgan fingerprint density at radius 1 is 0.568 bits per heavy atom. The van der Waals surface area contributed by atoms with E-state index >= 15 is 0 Å². The molecule has 1 aliphatic carbocycles. The molecule has 0 spiro atoms. The zero-order valence-electron chi connectivity index (χ0n) is 25.9. The van der Waals surface area contributed by atoms with E-state index in [9.17, 15) is 0 Å². The van der Waals surface area contributed by atoms with E-state index in [0.717, 1.165) is 12.8 Å². The van der Waals surface area contributed by atoms with Crippen molar-refractivity contribution in [1.82, 2.24) is 4.57 Å². The summed E-state index contributed by atoms with van der Waals surface area (Å²) in [5.74, 6) is 0. The van der Waals surface area contributed by atoms with Crippen LogP contribution in [-0.2, 0) is 10.8 Å². The van der Waals surface area contributed by atoms with E-state index in [0.29, 0.717) is 0 Å². The number of hydrogen-bond acceptors (Lipinski definition) is 1. The minimum absolute atomic E-state index is 0.0582. The fourth-order valence-electron chi connectivity index (χ4n) is 8.33. The van der Waals surface area contributed by atoms with Gasteiger partial charge >= 0.3 is 0 Å². The molecule has 2 nitrogen and oxygen atoms in total. The van der Waals surface area contributed by atoms with E-state index in [1.54, 1.807) is 0 Å². The molecule has 3 heterocycles. The normalized spacial score (nSPS) is 17.3. The van der Waals surface area contributed by atoms with E-state index in [1.165, 1.54) is 77.9 Å². The summed E-state index contributed by atoms with van der Waals surface area (Å²) < 4.78 is 2.50. The van der Waals surface area contributed by atoms with Crippen LogP contribution in [0.4, 0.5) is 11.4 Å². The molecule has 0 amide bonds. The maximum Gasteiger partial charge on any atom is 0.0582 e. The topological polar surface area (TPSA) is 8.17 Å². The predicted octanol–water partition coefficient (Wildman–Crippen LogP) is 11.1. The van der Waals surface area contributed by atoms with E-state index in [1.807, 2.05) is 0 Å². The number of nitrogens with zero attached hydrogens (tertiary/aromatic N) is 2. The summed E-state index contributed by atoms with van der Waals surface area (Å²) in [6, 6.07) is 39.0. The van der Waals surface area contributed by atoms with Crippen LogP contribution >= 0.6 is 0 Å². The van der Waals surface area contributed by atoms with Gasteiger partial charge in [0.15, 0.2) is 0 Å². The lowest BCUT2D eigenvalue weighted by Gasteiger charge is -2.43. The highest BCUT2D eigenvalue weighted by molar-refractivity contribution is 6.12. The Morgan fingerprint density at radius 3 is 2.02 bits per heavy atom. The SMILES string of the molecule is CC1(C)c2ccccc2N(C2=CC=CCC2)c2cc(-c3ccc4c(c3)c3cccc5c3n4-c3ccccc3C5(C)C)ccc21. The zero-order valence-corrected chi connectivity index (χ0v) is 25.9. The number of allylic oxidation sites excluding steroid dienone is 4. The molecule has 0 saturated carbocycles. The van der Waals surface area contributed by atoms with Crippen LogP contribution in [-0.4, -0.2) is 4.57 Å². The molecular weight excluding hydrogens is 532 g/mol. The molecule has 44 heavy (non-hydrogen) atoms. The highest BCUT2D eigenvalue weighted by Gasteiger charge is 2.38. The van der Waals surface area contributed by atoms with Crippen molar-refractivity contribution in [2.24, 2.45) is 0 Å². The molecule has 1 aromatic heterocycles. The summed E-state index contributed by atoms with van der Waals surface area (Å²) in [6.07, 6.45) is 8.91. The molecule has 3 aliphatic rings. The molecular formula is C42H36N2. The molecule has 6 aromatic rings. The monoisotopic (exact) mass is 568 g/mol. The molecule has 2 heteroatoms. The van der Waals surface area contributed by atoms with Gasteiger partial charge in [0.05, 0.1) is 22.4 Å². The summed E-state index contributed by atoms with van der Waals surface area (Å²) in [4.78, 5) is 2.53. The molecule has 9 rings (SSSR count). The highest BCUT2D eigenvalue weighted by atomic mass is 15.2. The van der Waals surface area contributed by atoms with Crippen molar-refractivity contribution >= 4 is 33.2 Å². The van der Waals surface area contributed by atoms with Gasteiger partial charge in [0, 0.05) is 33.0 Å². The third-order valence-electron chi connectivity index (χ3n) is 10.6. The van der Waals surface area contributed by atoms with Crippen molar-refractivity contribution in [2.45, 2.75) is 51.4 Å². The number of rotatable bonds is 2. The van der Waals surface area contributed by atoms with Crippen molar-refractivity contribution in [3.63, 3.8) is 0 Å². The second-order valence-electron chi connectivity index (χ2n) is 13.7. The van der Waals surface area contributed by atoms with Crippen LogP contribution in [0.25, 0.3) is 38.6 Å². The smallest absolute Gasteiger partial charge is 0.0582 e. The lowest BCUT2D eigenvalue weighted by Crippen LogP contribution is -2.32. The second kappa shape index (κ2) is 8.86. The molecule has 0 N–H and O–H groups in total. The average molecular weight is 569 g/mol. The standard InChI is InChI=1S/C42H36N2/c1-41(2)32-16-8-10-19-37(32)43(29-13-6-5-7-14-29)39-26-28(21-23-34(39)41)27-22-24-36-31(25-27)30-15-12-18-35-40(30)44(36)38-20-11-9-17-33(38)42(35,3)4/h5-6,8-13,15-26H,7,14H2,1-4H3. The molecule has 0 bridgehead atoms. The minimum atomic E-state index is -0.0880. The van der Waals surface area contributed by atoms with E-state index < -0.39 is 0 Å². The fourth-order valence-corrected chi connectivity index (χ4v) is 8.33. The van der Waals surface area contributed by atoms with Gasteiger partial charge in [-0.25, -0.2) is 0 Å². The Hall–Kier alpha value is -4.82. The van der Waals surface area contributed by atoms with Crippen LogP contribution in [0.3, 0.4) is 0 Å². The van der Waals surface area contributed by atoms with Gasteiger partial charge in [-0.1, -0.05) is 113 Å². The molecule has 0 saturated heterocycles. The van der Waals surface area contributed by atoms with E-state index in [2.05, 4.69) is 159 Å². The van der Waals surface area contributed by atoms with Gasteiger partial charge in [-0.05, 0) is 82.6 Å². The van der Waals surface area contributed by atoms with Crippen LogP contribution in [0.1, 0.15) is 62.8 Å². The summed E-state index contributed by atoms with van der Waals surface area (Å²) in [5, 5.41) is 2.64. The number of para-hydroxylation sites is 3. The number of benzene rings is 5. The largest absolute Gasteiger partial charge is 0.314 e. The molecule has 0 unspecified atom stereocenters. The van der Waals surface area contributed by atoms with Crippen molar-refractivity contribution in [1.29, 1.82) is 0 Å². The van der Waals surface area contributed by atoms with Gasteiger partial charge < -0.3 is 9.47 Å². The zero-order chi connectivity index (χ0) is 29.8. The first kappa shape index (κ1) is 25.7. The quantitative estimate of drug-likeness (QED) is 0.202. The van der Waals surface area contributed by atoms with E-state index in [4.69, 9.17) is 0 Å². The van der Waals surface area contributed by atoms with Crippen molar-refractivity contribution in [3.8, 4) is 16.8 Å². The Morgan fingerprint density at radius 2 is 1.23 bits per heavy atom. The van der Waals surface area contributed by atoms with Crippen LogP contribution in [0.5, 0.6) is 0 Å². The third kappa shape index (κ3) is 3.31. The molecule has 214 valence electrons. The van der Waals surface area contributed by atoms with Crippen LogP contribution in [0, 0.1) is 0 Å². The number of fused-ring (bicyclic) bond motifs is 7. The molecule has 5 aromatic carbocycles. The predicted molar refractivity (Wildman–Crippen MR) is 186 cm³/mol. The summed E-state index contributed by atoms with van der Waals surface area (Å²) in [7, 11) is 0. The van der Waals surface area contributed by atoms with Crippen molar-refractivity contribution < 1.29 is 0 Å². The molecule has 0 atom stereocenters. The fraction of sp³-hybridized carbons (Fsp3) is 0.190.